The lowest BCUT2D eigenvalue weighted by Gasteiger charge is -2.16. The molecule has 3 aromatic rings. The molecule has 0 saturated carbocycles. The van der Waals surface area contributed by atoms with Gasteiger partial charge in [-0.3, -0.25) is 14.7 Å². The van der Waals surface area contributed by atoms with Crippen LogP contribution in [0.3, 0.4) is 0 Å². The second-order valence-corrected chi connectivity index (χ2v) is 7.35. The molecule has 0 fully saturated rings. The number of carbonyl (C=O) groups excluding carboxylic acids is 2. The van der Waals surface area contributed by atoms with Crippen molar-refractivity contribution in [3.63, 3.8) is 0 Å². The molecule has 0 aliphatic rings. The van der Waals surface area contributed by atoms with Crippen molar-refractivity contribution in [2.24, 2.45) is 0 Å². The van der Waals surface area contributed by atoms with Crippen molar-refractivity contribution in [3.05, 3.63) is 48.6 Å². The van der Waals surface area contributed by atoms with E-state index in [4.69, 9.17) is 0 Å². The normalized spacial score (nSPS) is 11.9. The molecule has 0 bridgehead atoms. The third-order valence-electron chi connectivity index (χ3n) is 4.32. The van der Waals surface area contributed by atoms with E-state index in [0.717, 1.165) is 16.6 Å². The Kier molecular flexibility index (Phi) is 7.15. The van der Waals surface area contributed by atoms with Crippen molar-refractivity contribution in [1.29, 1.82) is 0 Å². The Bertz CT molecular complexity index is 1100. The number of hydrogen-bond acceptors (Lipinski definition) is 7. The lowest BCUT2D eigenvalue weighted by atomic mass is 10.2. The van der Waals surface area contributed by atoms with Gasteiger partial charge in [-0.2, -0.15) is 5.10 Å². The molecule has 0 spiro atoms. The fraction of sp³-hybridized carbons (Fsp3) is 0.286. The van der Waals surface area contributed by atoms with E-state index < -0.39 is 0 Å². The van der Waals surface area contributed by atoms with E-state index in [-0.39, 0.29) is 11.9 Å². The maximum atomic E-state index is 11.9. The maximum absolute atomic E-state index is 11.9. The molecule has 2 heterocycles. The van der Waals surface area contributed by atoms with Gasteiger partial charge < -0.3 is 20.5 Å². The number of nitrogens with one attached hydrogen (secondary N) is 4. The van der Waals surface area contributed by atoms with Crippen molar-refractivity contribution >= 4 is 40.3 Å². The molecule has 0 aliphatic heterocycles. The number of hydrogen-bond donors (Lipinski definition) is 4. The first-order valence-corrected chi connectivity index (χ1v) is 9.91. The zero-order valence-electron chi connectivity index (χ0n) is 17.7. The van der Waals surface area contributed by atoms with Crippen LogP contribution < -0.4 is 10.6 Å². The molecule has 31 heavy (non-hydrogen) atoms. The number of fused-ring (bicyclic) bond motifs is 1. The molecule has 1 amide bonds. The molecule has 10 nitrogen and oxygen atoms in total. The highest BCUT2D eigenvalue weighted by atomic mass is 16.1. The largest absolute Gasteiger partial charge is 0.379 e. The number of carbonyl (C=O) groups is 2. The van der Waals surface area contributed by atoms with Crippen LogP contribution >= 0.6 is 0 Å². The fourth-order valence-corrected chi connectivity index (χ4v) is 2.91. The molecule has 0 aliphatic carbocycles. The summed E-state index contributed by atoms with van der Waals surface area (Å²) in [7, 11) is 1.85. The van der Waals surface area contributed by atoms with E-state index in [2.05, 4.69) is 36.0 Å². The van der Waals surface area contributed by atoms with Crippen LogP contribution in [-0.2, 0) is 9.59 Å². The predicted octanol–water partition coefficient (Wildman–Crippen LogP) is 2.37. The molecule has 1 aromatic carbocycles. The van der Waals surface area contributed by atoms with E-state index >= 15 is 0 Å². The summed E-state index contributed by atoms with van der Waals surface area (Å²) in [6.45, 7) is 4.36. The zero-order valence-corrected chi connectivity index (χ0v) is 17.7. The Hall–Kier alpha value is -3.95. The van der Waals surface area contributed by atoms with Crippen molar-refractivity contribution in [3.8, 4) is 0 Å². The van der Waals surface area contributed by atoms with Gasteiger partial charge in [0.05, 0.1) is 11.7 Å². The van der Waals surface area contributed by atoms with E-state index in [9.17, 15) is 9.59 Å². The highest BCUT2D eigenvalue weighted by Crippen LogP contribution is 2.20. The summed E-state index contributed by atoms with van der Waals surface area (Å²) in [6.07, 6.45) is 7.63. The lowest BCUT2D eigenvalue weighted by molar-refractivity contribution is -0.121. The highest BCUT2D eigenvalue weighted by Gasteiger charge is 2.10. The lowest BCUT2D eigenvalue weighted by Crippen LogP contribution is -2.32. The number of nitrogens with zero attached hydrogens (tertiary/aromatic N) is 4. The van der Waals surface area contributed by atoms with Crippen molar-refractivity contribution in [2.45, 2.75) is 26.3 Å². The van der Waals surface area contributed by atoms with E-state index in [1.165, 1.54) is 6.08 Å². The van der Waals surface area contributed by atoms with Crippen LogP contribution in [0.15, 0.2) is 42.7 Å². The second kappa shape index (κ2) is 10.2. The zero-order chi connectivity index (χ0) is 22.2. The standard InChI is InChI=1S/C21H26N8O2/c1-14(2)23-19(31)8-9-29(3)13-15(5-4-10-30)20-25-21(28-27-20)24-17-6-7-18-16(11-17)12-22-26-18/h4-7,10-14H,8-9H2,1-3H3,(H,22,26)(H,23,31)(H2,24,25,27,28)/b5-4-,15-13+. The number of allylic oxidation sites excluding steroid dienone is 3. The summed E-state index contributed by atoms with van der Waals surface area (Å²) in [6, 6.07) is 5.88. The number of amides is 1. The number of rotatable bonds is 10. The van der Waals surface area contributed by atoms with Gasteiger partial charge in [-0.15, -0.1) is 10.2 Å². The summed E-state index contributed by atoms with van der Waals surface area (Å²) in [5.74, 6) is 0.937. The summed E-state index contributed by atoms with van der Waals surface area (Å²) in [4.78, 5) is 27.7. The Morgan fingerprint density at radius 3 is 2.90 bits per heavy atom. The monoisotopic (exact) mass is 422 g/mol. The molecule has 0 atom stereocenters. The summed E-state index contributed by atoms with van der Waals surface area (Å²) in [5, 5.41) is 22.2. The third-order valence-corrected chi connectivity index (χ3v) is 4.32. The smallest absolute Gasteiger partial charge is 0.226 e. The minimum Gasteiger partial charge on any atom is -0.379 e. The van der Waals surface area contributed by atoms with Gasteiger partial charge in [-0.1, -0.05) is 0 Å². The Morgan fingerprint density at radius 1 is 1.29 bits per heavy atom. The van der Waals surface area contributed by atoms with Gasteiger partial charge in [0.15, 0.2) is 5.82 Å². The summed E-state index contributed by atoms with van der Waals surface area (Å²) in [5.41, 5.74) is 2.43. The van der Waals surface area contributed by atoms with Crippen LogP contribution in [0.4, 0.5) is 11.6 Å². The van der Waals surface area contributed by atoms with Crippen molar-refractivity contribution in [1.82, 2.24) is 35.6 Å². The van der Waals surface area contributed by atoms with Gasteiger partial charge in [0.1, 0.15) is 6.29 Å². The van der Waals surface area contributed by atoms with E-state index in [1.807, 2.05) is 50.2 Å². The Labute approximate surface area is 179 Å². The number of anilines is 2. The molecule has 10 heteroatoms. The molecule has 0 saturated heterocycles. The van der Waals surface area contributed by atoms with Crippen LogP contribution in [0.5, 0.6) is 0 Å². The average molecular weight is 422 g/mol. The van der Waals surface area contributed by atoms with Gasteiger partial charge >= 0.3 is 0 Å². The minimum absolute atomic E-state index is 0.0130. The number of aldehydes is 1. The van der Waals surface area contributed by atoms with Crippen LogP contribution in [0, 0.1) is 0 Å². The maximum Gasteiger partial charge on any atom is 0.226 e. The quantitative estimate of drug-likeness (QED) is 0.224. The predicted molar refractivity (Wildman–Crippen MR) is 119 cm³/mol. The molecule has 4 N–H and O–H groups in total. The molecular formula is C21H26N8O2. The second-order valence-electron chi connectivity index (χ2n) is 7.35. The van der Waals surface area contributed by atoms with Crippen molar-refractivity contribution in [2.75, 3.05) is 18.9 Å². The number of aromatic nitrogens is 5. The third kappa shape index (κ3) is 6.26. The van der Waals surface area contributed by atoms with Gasteiger partial charge in [0, 0.05) is 48.9 Å². The van der Waals surface area contributed by atoms with Crippen LogP contribution in [-0.4, -0.2) is 62.1 Å². The van der Waals surface area contributed by atoms with Gasteiger partial charge in [0.25, 0.3) is 0 Å². The first-order valence-electron chi connectivity index (χ1n) is 9.91. The van der Waals surface area contributed by atoms with E-state index in [0.29, 0.717) is 36.6 Å². The van der Waals surface area contributed by atoms with Crippen LogP contribution in [0.2, 0.25) is 0 Å². The summed E-state index contributed by atoms with van der Waals surface area (Å²) < 4.78 is 0. The first kappa shape index (κ1) is 21.8. The van der Waals surface area contributed by atoms with Gasteiger partial charge in [-0.25, -0.2) is 0 Å². The molecule has 2 aromatic heterocycles. The molecule has 0 radical (unpaired) electrons. The Balaban J connectivity index is 1.71. The Morgan fingerprint density at radius 2 is 2.13 bits per heavy atom. The molecule has 162 valence electrons. The average Bonchev–Trinajstić information content (AvgIpc) is 3.38. The summed E-state index contributed by atoms with van der Waals surface area (Å²) >= 11 is 0. The van der Waals surface area contributed by atoms with Gasteiger partial charge in [-0.05, 0) is 44.2 Å². The SMILES string of the molecule is CC(C)NC(=O)CCN(C)/C=C(\C=C/C=O)c1nnc(Nc2ccc3[nH]ncc3c2)[nH]1. The number of benzene rings is 1. The van der Waals surface area contributed by atoms with E-state index in [1.54, 1.807) is 12.3 Å². The van der Waals surface area contributed by atoms with Crippen LogP contribution in [0.1, 0.15) is 26.1 Å². The highest BCUT2D eigenvalue weighted by molar-refractivity contribution is 5.82. The minimum atomic E-state index is -0.0130. The fourth-order valence-electron chi connectivity index (χ4n) is 2.91. The number of H-pyrrole nitrogens is 2. The molecule has 0 unspecified atom stereocenters. The first-order chi connectivity index (χ1) is 14.9. The van der Waals surface area contributed by atoms with Crippen LogP contribution in [0.25, 0.3) is 16.5 Å². The molecule has 3 rings (SSSR count). The molecular weight excluding hydrogens is 396 g/mol. The van der Waals surface area contributed by atoms with Gasteiger partial charge in [0.2, 0.25) is 11.9 Å². The van der Waals surface area contributed by atoms with Crippen molar-refractivity contribution < 1.29 is 9.59 Å². The topological polar surface area (TPSA) is 132 Å². The number of aromatic amines is 2.